The summed E-state index contributed by atoms with van der Waals surface area (Å²) in [5, 5.41) is -0.477. The lowest BCUT2D eigenvalue weighted by molar-refractivity contribution is -0.177. The van der Waals surface area contributed by atoms with Gasteiger partial charge in [-0.2, -0.15) is 44.5 Å². The second-order valence-corrected chi connectivity index (χ2v) is 7.88. The first kappa shape index (κ1) is 33.1. The summed E-state index contributed by atoms with van der Waals surface area (Å²) in [4.78, 5) is 14.4. The third-order valence-electron chi connectivity index (χ3n) is 3.72. The van der Waals surface area contributed by atoms with Crippen molar-refractivity contribution in [2.24, 2.45) is 0 Å². The highest BCUT2D eigenvalue weighted by atomic mass is 35.5. The van der Waals surface area contributed by atoms with Crippen LogP contribution in [0.3, 0.4) is 0 Å². The largest absolute Gasteiger partial charge is 0.468 e. The van der Waals surface area contributed by atoms with Gasteiger partial charge in [-0.15, -0.1) is 0 Å². The first-order valence-corrected chi connectivity index (χ1v) is 10.6. The molecule has 0 fully saturated rings. The molecule has 0 aliphatic carbocycles. The van der Waals surface area contributed by atoms with Crippen LogP contribution in [0.15, 0.2) is 0 Å². The average Bonchev–Trinajstić information content (AvgIpc) is 2.70. The maximum Gasteiger partial charge on any atom is 0.422 e. The highest BCUT2D eigenvalue weighted by Gasteiger charge is 2.30. The Morgan fingerprint density at radius 1 is 0.595 bits per heavy atom. The van der Waals surface area contributed by atoms with E-state index in [1.54, 1.807) is 6.92 Å². The van der Waals surface area contributed by atoms with E-state index >= 15 is 0 Å². The maximum absolute atomic E-state index is 12.1. The summed E-state index contributed by atoms with van der Waals surface area (Å²) in [6.07, 6.45) is -13.5. The Balaban J connectivity index is 0.000000384. The molecule has 2 aromatic heterocycles. The van der Waals surface area contributed by atoms with Crippen molar-refractivity contribution in [1.82, 2.24) is 19.9 Å². The summed E-state index contributed by atoms with van der Waals surface area (Å²) >= 11 is 16.7. The van der Waals surface area contributed by atoms with Crippen LogP contribution in [0.25, 0.3) is 0 Å². The minimum absolute atomic E-state index is 0.0193. The summed E-state index contributed by atoms with van der Waals surface area (Å²) < 4.78 is 121. The second kappa shape index (κ2) is 13.8. The fourth-order valence-electron chi connectivity index (χ4n) is 2.11. The van der Waals surface area contributed by atoms with Gasteiger partial charge in [0.2, 0.25) is 16.4 Å². The Kier molecular flexibility index (Phi) is 12.3. The predicted molar refractivity (Wildman–Crippen MR) is 112 cm³/mol. The van der Waals surface area contributed by atoms with Gasteiger partial charge in [0.15, 0.2) is 6.61 Å². The first-order chi connectivity index (χ1) is 16.8. The molecule has 2 heterocycles. The number of hydrogen-bond acceptors (Lipinski definition) is 7. The quantitative estimate of drug-likeness (QED) is 0.188. The van der Waals surface area contributed by atoms with Crippen LogP contribution in [0.4, 0.5) is 39.5 Å². The number of nitrogens with zero attached hydrogens (tertiary/aromatic N) is 4. The van der Waals surface area contributed by atoms with E-state index in [1.165, 1.54) is 6.92 Å². The molecule has 0 aliphatic heterocycles. The van der Waals surface area contributed by atoms with Crippen molar-refractivity contribution in [3.05, 3.63) is 38.2 Å². The van der Waals surface area contributed by atoms with Crippen molar-refractivity contribution in [1.29, 1.82) is 0 Å². The van der Waals surface area contributed by atoms with E-state index in [0.29, 0.717) is 5.56 Å². The van der Waals surface area contributed by atoms with Crippen LogP contribution in [0.5, 0.6) is 5.88 Å². The van der Waals surface area contributed by atoms with Crippen molar-refractivity contribution in [2.75, 3.05) is 19.8 Å². The minimum atomic E-state index is -4.59. The van der Waals surface area contributed by atoms with Gasteiger partial charge in [-0.3, -0.25) is 0 Å². The van der Waals surface area contributed by atoms with Gasteiger partial charge in [0, 0.05) is 11.1 Å². The molecule has 0 bridgehead atoms. The third-order valence-corrected chi connectivity index (χ3v) is 4.42. The first-order valence-electron chi connectivity index (χ1n) is 9.47. The minimum Gasteiger partial charge on any atom is -0.468 e. The highest BCUT2D eigenvalue weighted by molar-refractivity contribution is 6.32. The molecule has 2 rings (SSSR count). The standard InChI is InChI=1S/C10H9ClF6N2O2.C8H7Cl2F3N2O/c1-5-6(2-20-3-9(12,13)14)18-8(11)19-7(5)21-4-10(15,16)17;1-4-5(2-16-3-8(11,12)13)14-7(10)15-6(4)9/h2-4H2,1H3;2-3H2,1H3. The Morgan fingerprint density at radius 2 is 1.00 bits per heavy atom. The normalized spacial score (nSPS) is 12.3. The Hall–Kier alpha value is -1.88. The van der Waals surface area contributed by atoms with Crippen LogP contribution >= 0.6 is 34.8 Å². The smallest absolute Gasteiger partial charge is 0.422 e. The second-order valence-electron chi connectivity index (χ2n) is 6.84. The van der Waals surface area contributed by atoms with Crippen molar-refractivity contribution >= 4 is 34.8 Å². The molecular weight excluding hydrogens is 598 g/mol. The van der Waals surface area contributed by atoms with Crippen LogP contribution in [0.1, 0.15) is 22.5 Å². The average molecular weight is 614 g/mol. The van der Waals surface area contributed by atoms with Gasteiger partial charge >= 0.3 is 18.5 Å². The van der Waals surface area contributed by atoms with Gasteiger partial charge < -0.3 is 14.2 Å². The SMILES string of the molecule is Cc1c(COCC(F)(F)F)nc(Cl)nc1OCC(F)(F)F.Cc1c(Cl)nc(Cl)nc1COCC(F)(F)F. The molecule has 0 unspecified atom stereocenters. The Labute approximate surface area is 218 Å². The molecule has 0 atom stereocenters. The molecule has 210 valence electrons. The molecule has 0 aromatic carbocycles. The van der Waals surface area contributed by atoms with E-state index in [2.05, 4.69) is 34.1 Å². The Bertz CT molecular complexity index is 1040. The zero-order valence-corrected chi connectivity index (χ0v) is 20.9. The third kappa shape index (κ3) is 14.0. The van der Waals surface area contributed by atoms with Crippen molar-refractivity contribution in [3.8, 4) is 5.88 Å². The lowest BCUT2D eigenvalue weighted by Gasteiger charge is -2.13. The number of rotatable bonds is 8. The van der Waals surface area contributed by atoms with Gasteiger partial charge in [0.25, 0.3) is 0 Å². The maximum atomic E-state index is 12.1. The van der Waals surface area contributed by atoms with Gasteiger partial charge in [-0.05, 0) is 37.0 Å². The number of halogens is 12. The van der Waals surface area contributed by atoms with Crippen LogP contribution in [-0.2, 0) is 22.7 Å². The Morgan fingerprint density at radius 3 is 1.43 bits per heavy atom. The molecular formula is C18H16Cl3F9N4O3. The number of alkyl halides is 9. The summed E-state index contributed by atoms with van der Waals surface area (Å²) in [6, 6.07) is 0. The molecule has 0 aliphatic rings. The van der Waals surface area contributed by atoms with Crippen LogP contribution in [0, 0.1) is 13.8 Å². The van der Waals surface area contributed by atoms with Crippen LogP contribution < -0.4 is 4.74 Å². The van der Waals surface area contributed by atoms with Crippen molar-refractivity contribution in [3.63, 3.8) is 0 Å². The van der Waals surface area contributed by atoms with E-state index in [1.807, 2.05) is 0 Å². The summed E-state index contributed by atoms with van der Waals surface area (Å²) in [5.74, 6) is -0.460. The summed E-state index contributed by atoms with van der Waals surface area (Å²) in [5.41, 5.74) is 0.629. The number of aromatic nitrogens is 4. The molecule has 0 N–H and O–H groups in total. The molecule has 0 saturated carbocycles. The number of hydrogen-bond donors (Lipinski definition) is 0. The molecule has 0 radical (unpaired) electrons. The predicted octanol–water partition coefficient (Wildman–Crippen LogP) is 6.63. The van der Waals surface area contributed by atoms with Gasteiger partial charge in [-0.1, -0.05) is 11.6 Å². The lowest BCUT2D eigenvalue weighted by Crippen LogP contribution is -2.21. The molecule has 0 saturated heterocycles. The van der Waals surface area contributed by atoms with E-state index < -0.39 is 56.1 Å². The van der Waals surface area contributed by atoms with Crippen LogP contribution in [-0.4, -0.2) is 58.3 Å². The van der Waals surface area contributed by atoms with E-state index in [9.17, 15) is 39.5 Å². The van der Waals surface area contributed by atoms with Gasteiger partial charge in [0.05, 0.1) is 24.6 Å². The molecule has 37 heavy (non-hydrogen) atoms. The topological polar surface area (TPSA) is 79.3 Å². The van der Waals surface area contributed by atoms with Gasteiger partial charge in [-0.25, -0.2) is 15.0 Å². The van der Waals surface area contributed by atoms with E-state index in [4.69, 9.17) is 34.8 Å². The lowest BCUT2D eigenvalue weighted by atomic mass is 10.2. The van der Waals surface area contributed by atoms with Crippen molar-refractivity contribution < 1.29 is 53.7 Å². The summed E-state index contributed by atoms with van der Waals surface area (Å²) in [7, 11) is 0. The summed E-state index contributed by atoms with van der Waals surface area (Å²) in [6.45, 7) is -2.51. The molecule has 7 nitrogen and oxygen atoms in total. The molecule has 0 spiro atoms. The van der Waals surface area contributed by atoms with E-state index in [-0.39, 0.29) is 34.0 Å². The van der Waals surface area contributed by atoms with Crippen molar-refractivity contribution in [2.45, 2.75) is 45.6 Å². The van der Waals surface area contributed by atoms with E-state index in [0.717, 1.165) is 0 Å². The van der Waals surface area contributed by atoms with Gasteiger partial charge in [0.1, 0.15) is 18.4 Å². The molecule has 0 amide bonds. The fourth-order valence-corrected chi connectivity index (χ4v) is 2.71. The zero-order chi connectivity index (χ0) is 28.6. The number of ether oxygens (including phenoxy) is 3. The molecule has 2 aromatic rings. The zero-order valence-electron chi connectivity index (χ0n) is 18.6. The van der Waals surface area contributed by atoms with Crippen LogP contribution in [0.2, 0.25) is 15.7 Å². The molecule has 19 heteroatoms. The highest BCUT2D eigenvalue weighted by Crippen LogP contribution is 2.25. The fraction of sp³-hybridized carbons (Fsp3) is 0.556. The monoisotopic (exact) mass is 612 g/mol.